The number of hydrogen-bond donors (Lipinski definition) is 1. The maximum atomic E-state index is 12.4. The van der Waals surface area contributed by atoms with E-state index in [1.54, 1.807) is 21.7 Å². The lowest BCUT2D eigenvalue weighted by Gasteiger charge is -2.26. The maximum Gasteiger partial charge on any atom is 0.254 e. The summed E-state index contributed by atoms with van der Waals surface area (Å²) in [5, 5.41) is 10.8. The van der Waals surface area contributed by atoms with Gasteiger partial charge in [-0.25, -0.2) is 4.68 Å². The number of nitrogens with one attached hydrogen (secondary N) is 1. The molecule has 2 heterocycles. The van der Waals surface area contributed by atoms with Crippen LogP contribution < -0.4 is 5.32 Å². The molecule has 1 aromatic heterocycles. The van der Waals surface area contributed by atoms with Gasteiger partial charge in [-0.3, -0.25) is 9.59 Å². The van der Waals surface area contributed by atoms with Crippen molar-refractivity contribution in [1.29, 1.82) is 0 Å². The molecule has 0 aliphatic carbocycles. The Morgan fingerprint density at radius 3 is 3.05 bits per heavy atom. The minimum absolute atomic E-state index is 0.110. The van der Waals surface area contributed by atoms with Crippen LogP contribution in [0.25, 0.3) is 11.0 Å². The lowest BCUT2D eigenvalue weighted by molar-refractivity contribution is -0.123. The first-order valence-electron chi connectivity index (χ1n) is 6.58. The molecule has 0 unspecified atom stereocenters. The molecule has 7 heteroatoms. The molecular weight excluding hydrogens is 258 g/mol. The summed E-state index contributed by atoms with van der Waals surface area (Å²) >= 11 is 0. The molecule has 2 amide bonds. The number of carbonyl (C=O) groups is 2. The van der Waals surface area contributed by atoms with Crippen molar-refractivity contribution in [3.05, 3.63) is 23.8 Å². The van der Waals surface area contributed by atoms with Gasteiger partial charge in [-0.15, -0.1) is 5.10 Å². The molecule has 0 saturated carbocycles. The van der Waals surface area contributed by atoms with Crippen LogP contribution in [0.15, 0.2) is 18.2 Å². The normalized spacial score (nSPS) is 15.4. The van der Waals surface area contributed by atoms with E-state index in [1.807, 2.05) is 13.0 Å². The highest BCUT2D eigenvalue weighted by atomic mass is 16.2. The molecule has 104 valence electrons. The fourth-order valence-corrected chi connectivity index (χ4v) is 2.33. The number of carbonyl (C=O) groups excluding carboxylic acids is 2. The number of aromatic nitrogens is 3. The predicted molar refractivity (Wildman–Crippen MR) is 72.1 cm³/mol. The first kappa shape index (κ1) is 12.6. The zero-order chi connectivity index (χ0) is 14.1. The number of amides is 2. The summed E-state index contributed by atoms with van der Waals surface area (Å²) in [7, 11) is 0. The van der Waals surface area contributed by atoms with Gasteiger partial charge >= 0.3 is 0 Å². The van der Waals surface area contributed by atoms with Gasteiger partial charge in [0.15, 0.2) is 0 Å². The van der Waals surface area contributed by atoms with Crippen molar-refractivity contribution in [3.63, 3.8) is 0 Å². The third-order valence-electron chi connectivity index (χ3n) is 3.39. The largest absolute Gasteiger partial charge is 0.353 e. The SMILES string of the molecule is CCn1nnc2cc(C(=O)N3CCNC(=O)C3)ccc21. The summed E-state index contributed by atoms with van der Waals surface area (Å²) in [6.07, 6.45) is 0. The molecule has 1 aromatic carbocycles. The van der Waals surface area contributed by atoms with Crippen molar-refractivity contribution in [2.75, 3.05) is 19.6 Å². The minimum atomic E-state index is -0.146. The van der Waals surface area contributed by atoms with E-state index < -0.39 is 0 Å². The van der Waals surface area contributed by atoms with Crippen LogP contribution in [-0.4, -0.2) is 51.3 Å². The minimum Gasteiger partial charge on any atom is -0.353 e. The monoisotopic (exact) mass is 273 g/mol. The first-order chi connectivity index (χ1) is 9.69. The second kappa shape index (κ2) is 4.92. The van der Waals surface area contributed by atoms with Crippen LogP contribution in [-0.2, 0) is 11.3 Å². The van der Waals surface area contributed by atoms with Crippen LogP contribution in [0, 0.1) is 0 Å². The van der Waals surface area contributed by atoms with Gasteiger partial charge in [0.2, 0.25) is 5.91 Å². The van der Waals surface area contributed by atoms with E-state index in [1.165, 1.54) is 0 Å². The molecule has 20 heavy (non-hydrogen) atoms. The van der Waals surface area contributed by atoms with Gasteiger partial charge in [0.05, 0.1) is 12.1 Å². The molecule has 3 rings (SSSR count). The molecular formula is C13H15N5O2. The highest BCUT2D eigenvalue weighted by molar-refractivity contribution is 5.99. The highest BCUT2D eigenvalue weighted by Gasteiger charge is 2.22. The summed E-state index contributed by atoms with van der Waals surface area (Å²) in [5.41, 5.74) is 2.13. The van der Waals surface area contributed by atoms with E-state index >= 15 is 0 Å². The zero-order valence-corrected chi connectivity index (χ0v) is 11.2. The molecule has 0 bridgehead atoms. The lowest BCUT2D eigenvalue weighted by Crippen LogP contribution is -2.49. The number of benzene rings is 1. The van der Waals surface area contributed by atoms with Gasteiger partial charge in [-0.05, 0) is 25.1 Å². The van der Waals surface area contributed by atoms with Crippen LogP contribution in [0.5, 0.6) is 0 Å². The van der Waals surface area contributed by atoms with Gasteiger partial charge in [0.1, 0.15) is 5.52 Å². The molecule has 2 aromatic rings. The van der Waals surface area contributed by atoms with Crippen LogP contribution in [0.3, 0.4) is 0 Å². The smallest absolute Gasteiger partial charge is 0.254 e. The third-order valence-corrected chi connectivity index (χ3v) is 3.39. The van der Waals surface area contributed by atoms with Crippen molar-refractivity contribution in [2.24, 2.45) is 0 Å². The zero-order valence-electron chi connectivity index (χ0n) is 11.2. The van der Waals surface area contributed by atoms with Crippen molar-refractivity contribution >= 4 is 22.8 Å². The summed E-state index contributed by atoms with van der Waals surface area (Å²) in [6.45, 7) is 3.86. The number of piperazine rings is 1. The van der Waals surface area contributed by atoms with Crippen LogP contribution in [0.2, 0.25) is 0 Å². The lowest BCUT2D eigenvalue weighted by atomic mass is 10.1. The number of aryl methyl sites for hydroxylation is 1. The molecule has 0 radical (unpaired) electrons. The van der Waals surface area contributed by atoms with Gasteiger partial charge in [0, 0.05) is 25.2 Å². The summed E-state index contributed by atoms with van der Waals surface area (Å²) in [5.74, 6) is -0.268. The Hall–Kier alpha value is -2.44. The third kappa shape index (κ3) is 2.11. The topological polar surface area (TPSA) is 80.1 Å². The van der Waals surface area contributed by atoms with E-state index in [9.17, 15) is 9.59 Å². The van der Waals surface area contributed by atoms with Gasteiger partial charge < -0.3 is 10.2 Å². The summed E-state index contributed by atoms with van der Waals surface area (Å²) in [4.78, 5) is 25.2. The van der Waals surface area contributed by atoms with Crippen LogP contribution in [0.1, 0.15) is 17.3 Å². The predicted octanol–water partition coefficient (Wildman–Crippen LogP) is 0.0232. The Balaban J connectivity index is 1.89. The van der Waals surface area contributed by atoms with E-state index in [0.29, 0.717) is 24.2 Å². The molecule has 1 saturated heterocycles. The van der Waals surface area contributed by atoms with Crippen molar-refractivity contribution in [2.45, 2.75) is 13.5 Å². The van der Waals surface area contributed by atoms with Gasteiger partial charge in [-0.1, -0.05) is 5.21 Å². The number of hydrogen-bond acceptors (Lipinski definition) is 4. The first-order valence-corrected chi connectivity index (χ1v) is 6.58. The maximum absolute atomic E-state index is 12.4. The molecule has 1 N–H and O–H groups in total. The molecule has 0 spiro atoms. The second-order valence-corrected chi connectivity index (χ2v) is 4.69. The van der Waals surface area contributed by atoms with Crippen molar-refractivity contribution in [1.82, 2.24) is 25.2 Å². The van der Waals surface area contributed by atoms with Crippen LogP contribution >= 0.6 is 0 Å². The van der Waals surface area contributed by atoms with E-state index in [4.69, 9.17) is 0 Å². The quantitative estimate of drug-likeness (QED) is 0.836. The summed E-state index contributed by atoms with van der Waals surface area (Å²) < 4.78 is 1.78. The Labute approximate surface area is 115 Å². The summed E-state index contributed by atoms with van der Waals surface area (Å²) in [6, 6.07) is 5.33. The van der Waals surface area contributed by atoms with Gasteiger partial charge in [0.25, 0.3) is 5.91 Å². The van der Waals surface area contributed by atoms with Crippen LogP contribution in [0.4, 0.5) is 0 Å². The fourth-order valence-electron chi connectivity index (χ4n) is 2.33. The van der Waals surface area contributed by atoms with E-state index in [-0.39, 0.29) is 18.4 Å². The van der Waals surface area contributed by atoms with E-state index in [0.717, 1.165) is 12.1 Å². The Bertz CT molecular complexity index is 678. The molecule has 1 fully saturated rings. The number of rotatable bonds is 2. The number of fused-ring (bicyclic) bond motifs is 1. The van der Waals surface area contributed by atoms with Crippen molar-refractivity contribution in [3.8, 4) is 0 Å². The van der Waals surface area contributed by atoms with Crippen molar-refractivity contribution < 1.29 is 9.59 Å². The Morgan fingerprint density at radius 2 is 2.30 bits per heavy atom. The molecule has 1 aliphatic heterocycles. The Kier molecular flexibility index (Phi) is 3.09. The highest BCUT2D eigenvalue weighted by Crippen LogP contribution is 2.15. The second-order valence-electron chi connectivity index (χ2n) is 4.69. The average molecular weight is 273 g/mol. The standard InChI is InChI=1S/C13H15N5O2/c1-2-18-11-4-3-9(7-10(11)15-16-18)13(20)17-6-5-14-12(19)8-17/h3-4,7H,2,5-6,8H2,1H3,(H,14,19). The Morgan fingerprint density at radius 1 is 1.45 bits per heavy atom. The van der Waals surface area contributed by atoms with Gasteiger partial charge in [-0.2, -0.15) is 0 Å². The molecule has 7 nitrogen and oxygen atoms in total. The number of nitrogens with zero attached hydrogens (tertiary/aromatic N) is 4. The average Bonchev–Trinajstić information content (AvgIpc) is 2.88. The van der Waals surface area contributed by atoms with E-state index in [2.05, 4.69) is 15.6 Å². The molecule has 0 atom stereocenters. The molecule has 1 aliphatic rings. The fraction of sp³-hybridized carbons (Fsp3) is 0.385.